The normalized spacial score (nSPS) is 28.6. The van der Waals surface area contributed by atoms with Crippen molar-refractivity contribution in [2.24, 2.45) is 17.3 Å². The molecule has 114 valence electrons. The maximum absolute atomic E-state index is 3.56. The summed E-state index contributed by atoms with van der Waals surface area (Å²) in [7, 11) is 2.14. The zero-order valence-electron chi connectivity index (χ0n) is 14.1. The summed E-state index contributed by atoms with van der Waals surface area (Å²) in [6.07, 6.45) is 5.37. The fourth-order valence-corrected chi connectivity index (χ4v) is 3.54. The minimum absolute atomic E-state index is 0.536. The van der Waals surface area contributed by atoms with Crippen molar-refractivity contribution < 1.29 is 0 Å². The van der Waals surface area contributed by atoms with E-state index in [2.05, 4.69) is 51.9 Å². The van der Waals surface area contributed by atoms with Crippen LogP contribution in [0.4, 0.5) is 0 Å². The van der Waals surface area contributed by atoms with Gasteiger partial charge in [0.1, 0.15) is 0 Å². The summed E-state index contributed by atoms with van der Waals surface area (Å²) in [6.45, 7) is 15.6. The molecule has 0 aliphatic heterocycles. The molecular weight excluding hydrogens is 232 g/mol. The number of nitrogens with zero attached hydrogens (tertiary/aromatic N) is 1. The van der Waals surface area contributed by atoms with Crippen LogP contribution in [0.5, 0.6) is 0 Å². The summed E-state index contributed by atoms with van der Waals surface area (Å²) in [5.41, 5.74) is 0.536. The van der Waals surface area contributed by atoms with Crippen molar-refractivity contribution >= 4 is 0 Å². The van der Waals surface area contributed by atoms with E-state index < -0.39 is 0 Å². The topological polar surface area (TPSA) is 15.3 Å². The summed E-state index contributed by atoms with van der Waals surface area (Å²) in [5, 5.41) is 3.56. The van der Waals surface area contributed by atoms with Crippen LogP contribution in [0.1, 0.15) is 60.3 Å². The summed E-state index contributed by atoms with van der Waals surface area (Å²) in [6, 6.07) is 0.721. The fraction of sp³-hybridized carbons (Fsp3) is 1.00. The van der Waals surface area contributed by atoms with Crippen molar-refractivity contribution in [1.82, 2.24) is 10.2 Å². The molecule has 0 aromatic heterocycles. The van der Waals surface area contributed by atoms with Gasteiger partial charge in [-0.2, -0.15) is 0 Å². The first-order chi connectivity index (χ1) is 8.91. The number of nitrogens with one attached hydrogen (secondary N) is 1. The van der Waals surface area contributed by atoms with E-state index >= 15 is 0 Å². The number of rotatable bonds is 7. The second-order valence-corrected chi connectivity index (χ2v) is 7.43. The second-order valence-electron chi connectivity index (χ2n) is 7.43. The average molecular weight is 268 g/mol. The lowest BCUT2D eigenvalue weighted by Gasteiger charge is -2.43. The van der Waals surface area contributed by atoms with Gasteiger partial charge in [0, 0.05) is 19.1 Å². The molecule has 0 aromatic rings. The smallest absolute Gasteiger partial charge is 0.0105 e. The molecule has 2 heteroatoms. The Morgan fingerprint density at radius 1 is 1.32 bits per heavy atom. The highest BCUT2D eigenvalue weighted by Crippen LogP contribution is 2.39. The van der Waals surface area contributed by atoms with Gasteiger partial charge in [-0.15, -0.1) is 0 Å². The van der Waals surface area contributed by atoms with Crippen molar-refractivity contribution in [2.45, 2.75) is 66.3 Å². The van der Waals surface area contributed by atoms with Crippen LogP contribution in [0.3, 0.4) is 0 Å². The van der Waals surface area contributed by atoms with Crippen LogP contribution in [0.15, 0.2) is 0 Å². The van der Waals surface area contributed by atoms with E-state index in [1.165, 1.54) is 45.3 Å². The van der Waals surface area contributed by atoms with Crippen LogP contribution in [-0.2, 0) is 0 Å². The van der Waals surface area contributed by atoms with Gasteiger partial charge in [0.2, 0.25) is 0 Å². The van der Waals surface area contributed by atoms with Crippen LogP contribution in [0.2, 0.25) is 0 Å². The molecule has 0 amide bonds. The molecule has 0 bridgehead atoms. The first kappa shape index (κ1) is 17.0. The molecule has 0 aromatic carbocycles. The van der Waals surface area contributed by atoms with Crippen LogP contribution < -0.4 is 5.32 Å². The van der Waals surface area contributed by atoms with Gasteiger partial charge in [-0.05, 0) is 50.1 Å². The fourth-order valence-electron chi connectivity index (χ4n) is 3.54. The average Bonchev–Trinajstić information content (AvgIpc) is 2.37. The molecule has 2 nitrogen and oxygen atoms in total. The molecule has 1 fully saturated rings. The van der Waals surface area contributed by atoms with Crippen LogP contribution in [0.25, 0.3) is 0 Å². The quantitative estimate of drug-likeness (QED) is 0.756. The van der Waals surface area contributed by atoms with Gasteiger partial charge < -0.3 is 10.2 Å². The van der Waals surface area contributed by atoms with Crippen molar-refractivity contribution in [2.75, 3.05) is 26.7 Å². The van der Waals surface area contributed by atoms with Crippen LogP contribution in [-0.4, -0.2) is 37.6 Å². The van der Waals surface area contributed by atoms with Crippen molar-refractivity contribution in [3.63, 3.8) is 0 Å². The highest BCUT2D eigenvalue weighted by Gasteiger charge is 2.34. The van der Waals surface area contributed by atoms with Crippen LogP contribution >= 0.6 is 0 Å². The van der Waals surface area contributed by atoms with Gasteiger partial charge in [-0.25, -0.2) is 0 Å². The monoisotopic (exact) mass is 268 g/mol. The van der Waals surface area contributed by atoms with E-state index in [1.54, 1.807) is 0 Å². The van der Waals surface area contributed by atoms with Crippen molar-refractivity contribution in [3.8, 4) is 0 Å². The summed E-state index contributed by atoms with van der Waals surface area (Å²) in [5.74, 6) is 1.64. The third kappa shape index (κ3) is 5.43. The molecule has 0 saturated heterocycles. The van der Waals surface area contributed by atoms with E-state index in [4.69, 9.17) is 0 Å². The first-order valence-corrected chi connectivity index (χ1v) is 8.31. The SMILES string of the molecule is CCC(C)CN(CC)CC1CC(C)(C)CCC1NC. The lowest BCUT2D eigenvalue weighted by Crippen LogP contribution is -2.47. The van der Waals surface area contributed by atoms with E-state index in [0.717, 1.165) is 17.9 Å². The summed E-state index contributed by atoms with van der Waals surface area (Å²) >= 11 is 0. The largest absolute Gasteiger partial charge is 0.317 e. The standard InChI is InChI=1S/C17H36N2/c1-7-14(3)12-19(8-2)13-15-11-17(4,5)10-9-16(15)18-6/h14-16,18H,7-13H2,1-6H3. The van der Waals surface area contributed by atoms with Gasteiger partial charge in [0.05, 0.1) is 0 Å². The first-order valence-electron chi connectivity index (χ1n) is 8.31. The van der Waals surface area contributed by atoms with Gasteiger partial charge >= 0.3 is 0 Å². The van der Waals surface area contributed by atoms with E-state index in [-0.39, 0.29) is 0 Å². The minimum Gasteiger partial charge on any atom is -0.317 e. The minimum atomic E-state index is 0.536. The van der Waals surface area contributed by atoms with Gasteiger partial charge in [-0.3, -0.25) is 0 Å². The molecule has 3 unspecified atom stereocenters. The zero-order valence-corrected chi connectivity index (χ0v) is 14.1. The van der Waals surface area contributed by atoms with E-state index in [1.807, 2.05) is 0 Å². The lowest BCUT2D eigenvalue weighted by molar-refractivity contribution is 0.0989. The third-order valence-electron chi connectivity index (χ3n) is 5.09. The Labute approximate surface area is 121 Å². The van der Waals surface area contributed by atoms with Gasteiger partial charge in [0.15, 0.2) is 0 Å². The molecule has 1 N–H and O–H groups in total. The second kappa shape index (κ2) is 7.64. The Balaban J connectivity index is 2.58. The van der Waals surface area contributed by atoms with Crippen LogP contribution in [0, 0.1) is 17.3 Å². The molecular formula is C17H36N2. The Bertz CT molecular complexity index is 250. The molecule has 3 atom stereocenters. The zero-order chi connectivity index (χ0) is 14.5. The van der Waals surface area contributed by atoms with Gasteiger partial charge in [-0.1, -0.05) is 41.0 Å². The van der Waals surface area contributed by atoms with E-state index in [9.17, 15) is 0 Å². The number of hydrogen-bond acceptors (Lipinski definition) is 2. The highest BCUT2D eigenvalue weighted by molar-refractivity contribution is 4.89. The Morgan fingerprint density at radius 2 is 2.00 bits per heavy atom. The molecule has 0 radical (unpaired) electrons. The van der Waals surface area contributed by atoms with Crippen molar-refractivity contribution in [3.05, 3.63) is 0 Å². The number of hydrogen-bond donors (Lipinski definition) is 1. The molecule has 1 aliphatic rings. The van der Waals surface area contributed by atoms with Gasteiger partial charge in [0.25, 0.3) is 0 Å². The Morgan fingerprint density at radius 3 is 2.53 bits per heavy atom. The summed E-state index contributed by atoms with van der Waals surface area (Å²) in [4.78, 5) is 2.67. The molecule has 19 heavy (non-hydrogen) atoms. The molecule has 1 aliphatic carbocycles. The molecule has 0 spiro atoms. The van der Waals surface area contributed by atoms with Crippen molar-refractivity contribution in [1.29, 1.82) is 0 Å². The highest BCUT2D eigenvalue weighted by atomic mass is 15.1. The van der Waals surface area contributed by atoms with E-state index in [0.29, 0.717) is 5.41 Å². The predicted molar refractivity (Wildman–Crippen MR) is 85.5 cm³/mol. The molecule has 0 heterocycles. The summed E-state index contributed by atoms with van der Waals surface area (Å²) < 4.78 is 0. The maximum atomic E-state index is 3.56. The molecule has 1 saturated carbocycles. The maximum Gasteiger partial charge on any atom is 0.0105 e. The Kier molecular flexibility index (Phi) is 6.82. The third-order valence-corrected chi connectivity index (χ3v) is 5.09. The molecule has 1 rings (SSSR count). The lowest BCUT2D eigenvalue weighted by atomic mass is 9.69. The predicted octanol–water partition coefficient (Wildman–Crippen LogP) is 3.77. The Hall–Kier alpha value is -0.0800.